The maximum absolute atomic E-state index is 13.3. The predicted octanol–water partition coefficient (Wildman–Crippen LogP) is 1.11. The molecule has 0 aliphatic carbocycles. The van der Waals surface area contributed by atoms with Crippen LogP contribution in [0.2, 0.25) is 0 Å². The summed E-state index contributed by atoms with van der Waals surface area (Å²) in [5.41, 5.74) is 0.249. The molecule has 1 amide bonds. The monoisotopic (exact) mass is 243 g/mol. The Hall–Kier alpha value is -1.66. The summed E-state index contributed by atoms with van der Waals surface area (Å²) in [5.74, 6) is -1.21. The summed E-state index contributed by atoms with van der Waals surface area (Å²) >= 11 is 0. The second kappa shape index (κ2) is 5.60. The van der Waals surface area contributed by atoms with Crippen LogP contribution in [0.3, 0.4) is 0 Å². The Morgan fingerprint density at radius 1 is 1.59 bits per heavy atom. The molecule has 94 valence electrons. The highest BCUT2D eigenvalue weighted by Crippen LogP contribution is 2.23. The summed E-state index contributed by atoms with van der Waals surface area (Å²) in [6.07, 6.45) is -1.49. The second-order valence-electron chi connectivity index (χ2n) is 3.53. The van der Waals surface area contributed by atoms with Gasteiger partial charge >= 0.3 is 0 Å². The van der Waals surface area contributed by atoms with Crippen LogP contribution in [0.25, 0.3) is 0 Å². The number of benzene rings is 1. The molecule has 1 aromatic carbocycles. The number of nitrogens with zero attached hydrogens (tertiary/aromatic N) is 1. The lowest BCUT2D eigenvalue weighted by molar-refractivity contribution is -0.161. The van der Waals surface area contributed by atoms with E-state index in [1.807, 2.05) is 0 Å². The molecule has 0 aliphatic rings. The molecule has 0 aromatic heterocycles. The lowest BCUT2D eigenvalue weighted by atomic mass is 10.1. The molecule has 2 N–H and O–H groups in total. The van der Waals surface area contributed by atoms with Crippen molar-refractivity contribution >= 4 is 5.91 Å². The number of rotatable bonds is 4. The number of hydrogen-bond donors (Lipinski definition) is 2. The summed E-state index contributed by atoms with van der Waals surface area (Å²) in [6.45, 7) is 0. The van der Waals surface area contributed by atoms with Crippen LogP contribution >= 0.6 is 0 Å². The minimum absolute atomic E-state index is 0.0616. The number of halogens is 1. The van der Waals surface area contributed by atoms with E-state index in [0.29, 0.717) is 5.06 Å². The van der Waals surface area contributed by atoms with Gasteiger partial charge in [-0.1, -0.05) is 6.07 Å². The molecule has 1 unspecified atom stereocenters. The van der Waals surface area contributed by atoms with E-state index < -0.39 is 17.8 Å². The Labute approximate surface area is 98.0 Å². The normalized spacial score (nSPS) is 12.1. The molecule has 0 heterocycles. The van der Waals surface area contributed by atoms with E-state index in [9.17, 15) is 14.3 Å². The maximum Gasteiger partial charge on any atom is 0.248 e. The molecular weight excluding hydrogens is 229 g/mol. The molecule has 0 radical (unpaired) electrons. The van der Waals surface area contributed by atoms with Crippen molar-refractivity contribution in [1.29, 1.82) is 0 Å². The Balaban J connectivity index is 2.79. The van der Waals surface area contributed by atoms with E-state index in [1.165, 1.54) is 19.2 Å². The summed E-state index contributed by atoms with van der Waals surface area (Å²) in [5, 5.41) is 18.9. The van der Waals surface area contributed by atoms with Gasteiger partial charge in [-0.15, -0.1) is 0 Å². The number of methoxy groups -OCH3 is 1. The third kappa shape index (κ3) is 3.40. The number of aliphatic hydroxyl groups excluding tert-OH is 1. The van der Waals surface area contributed by atoms with Crippen LogP contribution in [0.5, 0.6) is 5.75 Å². The van der Waals surface area contributed by atoms with E-state index in [2.05, 4.69) is 0 Å². The molecule has 1 aromatic rings. The zero-order valence-corrected chi connectivity index (χ0v) is 9.55. The fourth-order valence-corrected chi connectivity index (χ4v) is 1.31. The highest BCUT2D eigenvalue weighted by molar-refractivity contribution is 5.75. The fraction of sp³-hybridized carbons (Fsp3) is 0.364. The van der Waals surface area contributed by atoms with Gasteiger partial charge in [0.05, 0.1) is 19.6 Å². The van der Waals surface area contributed by atoms with Crippen molar-refractivity contribution in [3.05, 3.63) is 29.6 Å². The van der Waals surface area contributed by atoms with Gasteiger partial charge in [-0.2, -0.15) is 0 Å². The first-order valence-electron chi connectivity index (χ1n) is 4.92. The van der Waals surface area contributed by atoms with Gasteiger partial charge in [-0.05, 0) is 17.7 Å². The molecule has 0 fully saturated rings. The molecule has 6 heteroatoms. The summed E-state index contributed by atoms with van der Waals surface area (Å²) in [4.78, 5) is 11.1. The summed E-state index contributed by atoms with van der Waals surface area (Å²) < 4.78 is 18.1. The molecule has 0 saturated carbocycles. The van der Waals surface area contributed by atoms with Gasteiger partial charge in [-0.25, -0.2) is 9.45 Å². The van der Waals surface area contributed by atoms with Crippen LogP contribution in [0.15, 0.2) is 18.2 Å². The third-order valence-corrected chi connectivity index (χ3v) is 2.29. The lowest BCUT2D eigenvalue weighted by Crippen LogP contribution is -2.24. The molecule has 1 atom stereocenters. The average Bonchev–Trinajstić information content (AvgIpc) is 2.28. The van der Waals surface area contributed by atoms with Crippen molar-refractivity contribution in [2.24, 2.45) is 0 Å². The Kier molecular flexibility index (Phi) is 4.42. The molecule has 5 nitrogen and oxygen atoms in total. The molecule has 0 aliphatic heterocycles. The van der Waals surface area contributed by atoms with Crippen LogP contribution < -0.4 is 4.74 Å². The first-order chi connectivity index (χ1) is 7.95. The Morgan fingerprint density at radius 3 is 2.71 bits per heavy atom. The molecule has 0 saturated heterocycles. The first kappa shape index (κ1) is 13.4. The van der Waals surface area contributed by atoms with Crippen molar-refractivity contribution in [3.8, 4) is 5.75 Å². The minimum atomic E-state index is -1.17. The van der Waals surface area contributed by atoms with Crippen molar-refractivity contribution in [2.75, 3.05) is 14.2 Å². The fourth-order valence-electron chi connectivity index (χ4n) is 1.31. The van der Waals surface area contributed by atoms with E-state index in [-0.39, 0.29) is 17.7 Å². The average molecular weight is 243 g/mol. The molecule has 0 bridgehead atoms. The zero-order valence-electron chi connectivity index (χ0n) is 9.55. The number of hydrogen-bond acceptors (Lipinski definition) is 4. The first-order valence-corrected chi connectivity index (χ1v) is 4.92. The number of carbonyl (C=O) groups excluding carboxylic acids is 1. The topological polar surface area (TPSA) is 70.0 Å². The van der Waals surface area contributed by atoms with Gasteiger partial charge in [0.1, 0.15) is 0 Å². The quantitative estimate of drug-likeness (QED) is 0.613. The number of hydroxylamine groups is 2. The minimum Gasteiger partial charge on any atom is -0.494 e. The van der Waals surface area contributed by atoms with E-state index in [4.69, 9.17) is 9.94 Å². The zero-order chi connectivity index (χ0) is 13.0. The third-order valence-electron chi connectivity index (χ3n) is 2.29. The van der Waals surface area contributed by atoms with Crippen molar-refractivity contribution < 1.29 is 24.2 Å². The Morgan fingerprint density at radius 2 is 2.24 bits per heavy atom. The van der Waals surface area contributed by atoms with Crippen molar-refractivity contribution in [2.45, 2.75) is 12.5 Å². The van der Waals surface area contributed by atoms with Crippen molar-refractivity contribution in [3.63, 3.8) is 0 Å². The predicted molar refractivity (Wildman–Crippen MR) is 57.1 cm³/mol. The second-order valence-corrected chi connectivity index (χ2v) is 3.53. The van der Waals surface area contributed by atoms with Gasteiger partial charge in [0.15, 0.2) is 11.6 Å². The van der Waals surface area contributed by atoms with E-state index in [0.717, 1.165) is 13.1 Å². The van der Waals surface area contributed by atoms with Crippen LogP contribution in [0.1, 0.15) is 18.1 Å². The van der Waals surface area contributed by atoms with Gasteiger partial charge in [-0.3, -0.25) is 10.0 Å². The number of amides is 1. The molecule has 0 spiro atoms. The summed E-state index contributed by atoms with van der Waals surface area (Å²) in [7, 11) is 2.49. The van der Waals surface area contributed by atoms with Crippen LogP contribution in [-0.4, -0.2) is 35.4 Å². The largest absolute Gasteiger partial charge is 0.494 e. The van der Waals surface area contributed by atoms with Crippen LogP contribution in [0, 0.1) is 5.82 Å². The number of ether oxygens (including phenoxy) is 1. The van der Waals surface area contributed by atoms with Crippen molar-refractivity contribution in [1.82, 2.24) is 5.06 Å². The van der Waals surface area contributed by atoms with Gasteiger partial charge in [0, 0.05) is 7.05 Å². The molecular formula is C11H14FNO4. The van der Waals surface area contributed by atoms with Crippen LogP contribution in [0.4, 0.5) is 4.39 Å². The van der Waals surface area contributed by atoms with Gasteiger partial charge in [0.2, 0.25) is 5.91 Å². The van der Waals surface area contributed by atoms with Crippen LogP contribution in [-0.2, 0) is 4.79 Å². The van der Waals surface area contributed by atoms with E-state index in [1.54, 1.807) is 0 Å². The summed E-state index contributed by atoms with van der Waals surface area (Å²) in [6, 6.07) is 3.91. The molecule has 17 heavy (non-hydrogen) atoms. The standard InChI is InChI=1S/C11H14FNO4/c1-13(16)11(15)6-9(14)7-3-4-10(17-2)8(12)5-7/h3-5,9,14,16H,6H2,1-2H3. The highest BCUT2D eigenvalue weighted by atomic mass is 19.1. The Bertz CT molecular complexity index is 408. The van der Waals surface area contributed by atoms with Gasteiger partial charge < -0.3 is 9.84 Å². The van der Waals surface area contributed by atoms with Gasteiger partial charge in [0.25, 0.3) is 0 Å². The highest BCUT2D eigenvalue weighted by Gasteiger charge is 2.16. The molecule has 1 rings (SSSR count). The van der Waals surface area contributed by atoms with E-state index >= 15 is 0 Å². The number of aliphatic hydroxyl groups is 1. The maximum atomic E-state index is 13.3. The SMILES string of the molecule is COc1ccc(C(O)CC(=O)N(C)O)cc1F. The lowest BCUT2D eigenvalue weighted by Gasteiger charge is -2.14. The smallest absolute Gasteiger partial charge is 0.248 e. The number of carbonyl (C=O) groups is 1.